The van der Waals surface area contributed by atoms with E-state index in [0.29, 0.717) is 18.4 Å². The second kappa shape index (κ2) is 12.8. The van der Waals surface area contributed by atoms with Crippen LogP contribution in [-0.2, 0) is 13.1 Å². The molecular formula is C21H31F3IN5O. The van der Waals surface area contributed by atoms with Crippen LogP contribution < -0.4 is 15.4 Å². The minimum atomic E-state index is -4.35. The van der Waals surface area contributed by atoms with Gasteiger partial charge in [0.05, 0.1) is 12.2 Å². The van der Waals surface area contributed by atoms with E-state index in [1.54, 1.807) is 12.1 Å². The van der Waals surface area contributed by atoms with Crippen molar-refractivity contribution in [3.63, 3.8) is 0 Å². The summed E-state index contributed by atoms with van der Waals surface area (Å²) in [7, 11) is 0. The molecule has 0 aliphatic carbocycles. The molecule has 0 aliphatic rings. The highest BCUT2D eigenvalue weighted by molar-refractivity contribution is 14.0. The van der Waals surface area contributed by atoms with Gasteiger partial charge in [-0.05, 0) is 50.5 Å². The van der Waals surface area contributed by atoms with Crippen LogP contribution in [0.4, 0.5) is 13.2 Å². The quantitative estimate of drug-likeness (QED) is 0.274. The normalized spacial score (nSPS) is 12.8. The molecular weight excluding hydrogens is 522 g/mol. The standard InChI is InChI=1S/C21H30F3N5O.HI/c1-5-25-20(26-11-15(2)13-29-17(4)10-16(3)28-29)27-12-18-6-8-19(9-7-18)30-14-21(22,23)24;/h6-10,15H,5,11-14H2,1-4H3,(H2,25,26,27);1H. The Morgan fingerprint density at radius 3 is 2.42 bits per heavy atom. The van der Waals surface area contributed by atoms with Gasteiger partial charge in [-0.3, -0.25) is 4.68 Å². The molecule has 0 saturated carbocycles. The number of ether oxygens (including phenoxy) is 1. The highest BCUT2D eigenvalue weighted by atomic mass is 127. The topological polar surface area (TPSA) is 63.5 Å². The zero-order valence-corrected chi connectivity index (χ0v) is 20.6. The molecule has 10 heteroatoms. The zero-order chi connectivity index (χ0) is 22.1. The summed E-state index contributed by atoms with van der Waals surface area (Å²) >= 11 is 0. The lowest BCUT2D eigenvalue weighted by molar-refractivity contribution is -0.153. The molecule has 1 atom stereocenters. The van der Waals surface area contributed by atoms with E-state index in [0.717, 1.165) is 36.6 Å². The van der Waals surface area contributed by atoms with Crippen molar-refractivity contribution in [1.29, 1.82) is 0 Å². The van der Waals surface area contributed by atoms with Crippen molar-refractivity contribution in [2.45, 2.75) is 47.0 Å². The minimum absolute atomic E-state index is 0. The van der Waals surface area contributed by atoms with Crippen LogP contribution in [0, 0.1) is 19.8 Å². The Morgan fingerprint density at radius 2 is 1.87 bits per heavy atom. The van der Waals surface area contributed by atoms with Crippen LogP contribution in [0.5, 0.6) is 5.75 Å². The molecule has 2 rings (SSSR count). The second-order valence-electron chi connectivity index (χ2n) is 7.34. The smallest absolute Gasteiger partial charge is 0.422 e. The molecule has 0 bridgehead atoms. The van der Waals surface area contributed by atoms with Gasteiger partial charge in [-0.15, -0.1) is 24.0 Å². The lowest BCUT2D eigenvalue weighted by atomic mass is 10.2. The monoisotopic (exact) mass is 553 g/mol. The van der Waals surface area contributed by atoms with E-state index in [2.05, 4.69) is 33.7 Å². The number of hydrogen-bond acceptors (Lipinski definition) is 3. The summed E-state index contributed by atoms with van der Waals surface area (Å²) < 4.78 is 43.4. The van der Waals surface area contributed by atoms with Crippen LogP contribution in [0.1, 0.15) is 30.8 Å². The number of rotatable bonds is 9. The molecule has 31 heavy (non-hydrogen) atoms. The Kier molecular flexibility index (Phi) is 11.1. The maximum Gasteiger partial charge on any atom is 0.422 e. The van der Waals surface area contributed by atoms with Crippen molar-refractivity contribution in [3.8, 4) is 5.75 Å². The summed E-state index contributed by atoms with van der Waals surface area (Å²) in [4.78, 5) is 4.55. The first-order chi connectivity index (χ1) is 14.2. The average Bonchev–Trinajstić information content (AvgIpc) is 2.99. The third-order valence-corrected chi connectivity index (χ3v) is 4.30. The molecule has 0 fully saturated rings. The largest absolute Gasteiger partial charge is 0.484 e. The van der Waals surface area contributed by atoms with Gasteiger partial charge in [0, 0.05) is 25.3 Å². The number of aromatic nitrogens is 2. The van der Waals surface area contributed by atoms with Crippen molar-refractivity contribution >= 4 is 29.9 Å². The predicted octanol–water partition coefficient (Wildman–Crippen LogP) is 4.45. The number of aliphatic imine (C=N–C) groups is 1. The fourth-order valence-electron chi connectivity index (χ4n) is 2.86. The average molecular weight is 553 g/mol. The van der Waals surface area contributed by atoms with E-state index >= 15 is 0 Å². The first-order valence-electron chi connectivity index (χ1n) is 9.98. The molecule has 1 heterocycles. The lowest BCUT2D eigenvalue weighted by Gasteiger charge is -2.17. The van der Waals surface area contributed by atoms with E-state index in [1.165, 1.54) is 12.1 Å². The molecule has 0 spiro atoms. The Hall–Kier alpha value is -1.98. The maximum absolute atomic E-state index is 12.2. The zero-order valence-electron chi connectivity index (χ0n) is 18.3. The summed E-state index contributed by atoms with van der Waals surface area (Å²) in [5, 5.41) is 11.0. The van der Waals surface area contributed by atoms with Gasteiger partial charge in [0.1, 0.15) is 5.75 Å². The van der Waals surface area contributed by atoms with Crippen molar-refractivity contribution in [3.05, 3.63) is 47.3 Å². The van der Waals surface area contributed by atoms with E-state index < -0.39 is 12.8 Å². The number of hydrogen-bond donors (Lipinski definition) is 2. The fourth-order valence-corrected chi connectivity index (χ4v) is 2.86. The lowest BCUT2D eigenvalue weighted by Crippen LogP contribution is -2.40. The van der Waals surface area contributed by atoms with Crippen molar-refractivity contribution in [2.24, 2.45) is 10.9 Å². The molecule has 1 unspecified atom stereocenters. The second-order valence-corrected chi connectivity index (χ2v) is 7.34. The van der Waals surface area contributed by atoms with Gasteiger partial charge in [-0.2, -0.15) is 18.3 Å². The van der Waals surface area contributed by atoms with Gasteiger partial charge in [-0.1, -0.05) is 19.1 Å². The van der Waals surface area contributed by atoms with Gasteiger partial charge in [0.15, 0.2) is 12.6 Å². The minimum Gasteiger partial charge on any atom is -0.484 e. The molecule has 0 saturated heterocycles. The van der Waals surface area contributed by atoms with Gasteiger partial charge < -0.3 is 15.4 Å². The van der Waals surface area contributed by atoms with Gasteiger partial charge in [-0.25, -0.2) is 4.99 Å². The molecule has 1 aromatic carbocycles. The van der Waals surface area contributed by atoms with Crippen LogP contribution in [0.2, 0.25) is 0 Å². The molecule has 174 valence electrons. The molecule has 0 radical (unpaired) electrons. The van der Waals surface area contributed by atoms with Gasteiger partial charge in [0.2, 0.25) is 0 Å². The van der Waals surface area contributed by atoms with E-state index in [4.69, 9.17) is 4.74 Å². The van der Waals surface area contributed by atoms with Crippen LogP contribution in [0.25, 0.3) is 0 Å². The van der Waals surface area contributed by atoms with Crippen LogP contribution in [-0.4, -0.2) is 41.6 Å². The highest BCUT2D eigenvalue weighted by Crippen LogP contribution is 2.19. The maximum atomic E-state index is 12.2. The molecule has 0 amide bonds. The Morgan fingerprint density at radius 1 is 1.19 bits per heavy atom. The SMILES string of the molecule is CCNC(=NCc1ccc(OCC(F)(F)F)cc1)NCC(C)Cn1nc(C)cc1C.I. The first kappa shape index (κ1) is 27.1. The van der Waals surface area contributed by atoms with Crippen LogP contribution >= 0.6 is 24.0 Å². The van der Waals surface area contributed by atoms with E-state index in [1.807, 2.05) is 25.5 Å². The third kappa shape index (κ3) is 10.3. The summed E-state index contributed by atoms with van der Waals surface area (Å²) in [6, 6.07) is 8.53. The van der Waals surface area contributed by atoms with Crippen molar-refractivity contribution in [2.75, 3.05) is 19.7 Å². The number of halogens is 4. The Balaban J connectivity index is 0.00000480. The molecule has 2 N–H and O–H groups in total. The first-order valence-corrected chi connectivity index (χ1v) is 9.98. The van der Waals surface area contributed by atoms with Crippen LogP contribution in [0.3, 0.4) is 0 Å². The van der Waals surface area contributed by atoms with Crippen LogP contribution in [0.15, 0.2) is 35.3 Å². The number of alkyl halides is 3. The Labute approximate surface area is 198 Å². The highest BCUT2D eigenvalue weighted by Gasteiger charge is 2.28. The molecule has 2 aromatic rings. The van der Waals surface area contributed by atoms with E-state index in [-0.39, 0.29) is 29.7 Å². The molecule has 0 aliphatic heterocycles. The molecule has 6 nitrogen and oxygen atoms in total. The third-order valence-electron chi connectivity index (χ3n) is 4.30. The molecule has 1 aromatic heterocycles. The number of nitrogens with zero attached hydrogens (tertiary/aromatic N) is 3. The summed E-state index contributed by atoms with van der Waals surface area (Å²) in [6.07, 6.45) is -4.35. The van der Waals surface area contributed by atoms with Gasteiger partial charge >= 0.3 is 6.18 Å². The summed E-state index contributed by atoms with van der Waals surface area (Å²) in [5.74, 6) is 1.22. The number of guanidine groups is 1. The fraction of sp³-hybridized carbons (Fsp3) is 0.524. The summed E-state index contributed by atoms with van der Waals surface area (Å²) in [6.45, 7) is 9.54. The van der Waals surface area contributed by atoms with Crippen molar-refractivity contribution in [1.82, 2.24) is 20.4 Å². The van der Waals surface area contributed by atoms with E-state index in [9.17, 15) is 13.2 Å². The number of nitrogens with one attached hydrogen (secondary N) is 2. The predicted molar refractivity (Wildman–Crippen MR) is 127 cm³/mol. The Bertz CT molecular complexity index is 821. The van der Waals surface area contributed by atoms with Crippen molar-refractivity contribution < 1.29 is 17.9 Å². The number of aryl methyl sites for hydroxylation is 2. The number of benzene rings is 1. The summed E-state index contributed by atoms with van der Waals surface area (Å²) in [5.41, 5.74) is 3.03. The van der Waals surface area contributed by atoms with Gasteiger partial charge in [0.25, 0.3) is 0 Å².